The third-order valence-electron chi connectivity index (χ3n) is 3.95. The molecule has 3 amide bonds. The number of nitrogens with zero attached hydrogens (tertiary/aromatic N) is 1. The van der Waals surface area contributed by atoms with E-state index in [4.69, 9.17) is 4.74 Å². The number of carbonyl (C=O) groups is 4. The second-order valence-electron chi connectivity index (χ2n) is 5.87. The van der Waals surface area contributed by atoms with Crippen molar-refractivity contribution in [2.24, 2.45) is 0 Å². The van der Waals surface area contributed by atoms with Crippen LogP contribution >= 0.6 is 11.8 Å². The molecule has 0 fully saturated rings. The highest BCUT2D eigenvalue weighted by Crippen LogP contribution is 2.26. The van der Waals surface area contributed by atoms with Crippen LogP contribution in [-0.2, 0) is 14.3 Å². The maximum Gasteiger partial charge on any atom is 0.331 e. The minimum atomic E-state index is -1.08. The third-order valence-corrected chi connectivity index (χ3v) is 4.59. The van der Waals surface area contributed by atoms with Crippen molar-refractivity contribution in [2.45, 2.75) is 32.4 Å². The zero-order valence-electron chi connectivity index (χ0n) is 15.0. The fourth-order valence-electron chi connectivity index (χ4n) is 2.60. The van der Waals surface area contributed by atoms with E-state index in [1.807, 2.05) is 6.92 Å². The zero-order valence-corrected chi connectivity index (χ0v) is 15.8. The number of thioether (sulfide) groups is 1. The molecule has 1 heterocycles. The summed E-state index contributed by atoms with van der Waals surface area (Å²) in [6.45, 7) is 3.85. The van der Waals surface area contributed by atoms with Gasteiger partial charge in [-0.2, -0.15) is 11.8 Å². The first kappa shape index (κ1) is 20.0. The van der Waals surface area contributed by atoms with Crippen LogP contribution < -0.4 is 5.32 Å². The average Bonchev–Trinajstić information content (AvgIpc) is 2.88. The highest BCUT2D eigenvalue weighted by atomic mass is 32.2. The van der Waals surface area contributed by atoms with E-state index < -0.39 is 35.8 Å². The van der Waals surface area contributed by atoms with Crippen LogP contribution in [0.25, 0.3) is 0 Å². The normalized spacial score (nSPS) is 15.4. The summed E-state index contributed by atoms with van der Waals surface area (Å²) >= 11 is 1.31. The molecule has 140 valence electrons. The first-order chi connectivity index (χ1) is 12.4. The number of hydrogen-bond acceptors (Lipinski definition) is 6. The molecule has 7 nitrogen and oxygen atoms in total. The predicted molar refractivity (Wildman–Crippen MR) is 98.0 cm³/mol. The van der Waals surface area contributed by atoms with Crippen LogP contribution in [0.2, 0.25) is 0 Å². The second kappa shape index (κ2) is 8.84. The molecular weight excluding hydrogens is 356 g/mol. The van der Waals surface area contributed by atoms with E-state index in [0.717, 1.165) is 11.3 Å². The molecule has 8 heteroatoms. The summed E-state index contributed by atoms with van der Waals surface area (Å²) in [4.78, 5) is 50.6. The molecule has 1 N–H and O–H groups in total. The van der Waals surface area contributed by atoms with Gasteiger partial charge in [0.05, 0.1) is 11.1 Å². The summed E-state index contributed by atoms with van der Waals surface area (Å²) in [5.74, 6) is -2.04. The van der Waals surface area contributed by atoms with E-state index in [1.54, 1.807) is 30.5 Å². The van der Waals surface area contributed by atoms with Crippen molar-refractivity contribution in [3.63, 3.8) is 0 Å². The lowest BCUT2D eigenvalue weighted by Crippen LogP contribution is -2.49. The number of benzene rings is 1. The standard InChI is InChI=1S/C18H22N2O5S/c1-4-9-19-15(21)11(2)25-18(24)14(10-26-3)20-16(22)12-7-5-6-8-13(12)17(20)23/h5-8,11,14H,4,9-10H2,1-3H3,(H,19,21)/t11-,14+/m1/s1. The van der Waals surface area contributed by atoms with Crippen LogP contribution in [0.4, 0.5) is 0 Å². The van der Waals surface area contributed by atoms with Crippen LogP contribution in [0.15, 0.2) is 24.3 Å². The van der Waals surface area contributed by atoms with E-state index in [-0.39, 0.29) is 16.9 Å². The van der Waals surface area contributed by atoms with Crippen LogP contribution in [0.3, 0.4) is 0 Å². The molecule has 0 spiro atoms. The summed E-state index contributed by atoms with van der Waals surface area (Å²) in [6.07, 6.45) is 1.51. The van der Waals surface area contributed by atoms with Gasteiger partial charge in [0, 0.05) is 12.3 Å². The average molecular weight is 378 g/mol. The van der Waals surface area contributed by atoms with E-state index in [9.17, 15) is 19.2 Å². The number of carbonyl (C=O) groups excluding carboxylic acids is 4. The number of ether oxygens (including phenoxy) is 1. The Bertz CT molecular complexity index is 686. The molecule has 2 rings (SSSR count). The minimum absolute atomic E-state index is 0.188. The van der Waals surface area contributed by atoms with Gasteiger partial charge in [-0.05, 0) is 31.7 Å². The van der Waals surface area contributed by atoms with Crippen molar-refractivity contribution >= 4 is 35.5 Å². The van der Waals surface area contributed by atoms with Gasteiger partial charge < -0.3 is 10.1 Å². The fraction of sp³-hybridized carbons (Fsp3) is 0.444. The van der Waals surface area contributed by atoms with Gasteiger partial charge in [-0.25, -0.2) is 4.79 Å². The number of hydrogen-bond donors (Lipinski definition) is 1. The lowest BCUT2D eigenvalue weighted by molar-refractivity contribution is -0.157. The third kappa shape index (κ3) is 4.07. The van der Waals surface area contributed by atoms with Gasteiger partial charge in [0.1, 0.15) is 6.04 Å². The second-order valence-corrected chi connectivity index (χ2v) is 6.78. The SMILES string of the molecule is CCCNC(=O)[C@@H](C)OC(=O)[C@H](CSC)N1C(=O)c2ccccc2C1=O. The highest BCUT2D eigenvalue weighted by molar-refractivity contribution is 7.98. The Morgan fingerprint density at radius 3 is 2.27 bits per heavy atom. The molecule has 0 radical (unpaired) electrons. The van der Waals surface area contributed by atoms with Crippen LogP contribution in [0, 0.1) is 0 Å². The van der Waals surface area contributed by atoms with Crippen molar-refractivity contribution in [3.05, 3.63) is 35.4 Å². The van der Waals surface area contributed by atoms with Gasteiger partial charge in [-0.3, -0.25) is 19.3 Å². The summed E-state index contributed by atoms with van der Waals surface area (Å²) in [7, 11) is 0. The summed E-state index contributed by atoms with van der Waals surface area (Å²) in [6, 6.07) is 5.35. The van der Waals surface area contributed by atoms with Gasteiger partial charge in [0.2, 0.25) is 0 Å². The van der Waals surface area contributed by atoms with Crippen molar-refractivity contribution in [3.8, 4) is 0 Å². The molecule has 0 aliphatic carbocycles. The Hall–Kier alpha value is -2.35. The number of rotatable bonds is 8. The van der Waals surface area contributed by atoms with Gasteiger partial charge in [0.15, 0.2) is 6.10 Å². The molecule has 1 aromatic carbocycles. The smallest absolute Gasteiger partial charge is 0.331 e. The number of esters is 1. The zero-order chi connectivity index (χ0) is 19.3. The Labute approximate surface area is 156 Å². The maximum absolute atomic E-state index is 12.6. The molecular formula is C18H22N2O5S. The van der Waals surface area contributed by atoms with Gasteiger partial charge in [-0.1, -0.05) is 19.1 Å². The summed E-state index contributed by atoms with van der Waals surface area (Å²) < 4.78 is 5.22. The van der Waals surface area contributed by atoms with E-state index in [1.165, 1.54) is 18.7 Å². The molecule has 0 aromatic heterocycles. The van der Waals surface area contributed by atoms with Crippen LogP contribution in [0.5, 0.6) is 0 Å². The fourth-order valence-corrected chi connectivity index (χ4v) is 3.20. The topological polar surface area (TPSA) is 92.8 Å². The van der Waals surface area contributed by atoms with Crippen molar-refractivity contribution in [2.75, 3.05) is 18.6 Å². The number of amides is 3. The highest BCUT2D eigenvalue weighted by Gasteiger charge is 2.43. The first-order valence-electron chi connectivity index (χ1n) is 8.36. The van der Waals surface area contributed by atoms with E-state index >= 15 is 0 Å². The predicted octanol–water partition coefficient (Wildman–Crippen LogP) is 1.47. The maximum atomic E-state index is 12.6. The van der Waals surface area contributed by atoms with Crippen LogP contribution in [-0.4, -0.2) is 59.3 Å². The number of fused-ring (bicyclic) bond motifs is 1. The van der Waals surface area contributed by atoms with Crippen molar-refractivity contribution in [1.82, 2.24) is 10.2 Å². The lowest BCUT2D eigenvalue weighted by atomic mass is 10.1. The number of nitrogens with one attached hydrogen (secondary N) is 1. The molecule has 1 aliphatic rings. The Morgan fingerprint density at radius 2 is 1.77 bits per heavy atom. The quantitative estimate of drug-likeness (QED) is 0.544. The van der Waals surface area contributed by atoms with Gasteiger partial charge in [0.25, 0.3) is 17.7 Å². The van der Waals surface area contributed by atoms with Gasteiger partial charge >= 0.3 is 5.97 Å². The van der Waals surface area contributed by atoms with Crippen LogP contribution in [0.1, 0.15) is 41.0 Å². The molecule has 1 aliphatic heterocycles. The molecule has 0 saturated carbocycles. The largest absolute Gasteiger partial charge is 0.451 e. The Kier molecular flexibility index (Phi) is 6.79. The molecule has 0 bridgehead atoms. The summed E-state index contributed by atoms with van der Waals surface area (Å²) in [5, 5.41) is 2.64. The Morgan fingerprint density at radius 1 is 1.19 bits per heavy atom. The van der Waals surface area contributed by atoms with Crippen molar-refractivity contribution in [1.29, 1.82) is 0 Å². The molecule has 1 aromatic rings. The molecule has 2 atom stereocenters. The lowest BCUT2D eigenvalue weighted by Gasteiger charge is -2.25. The number of imide groups is 1. The minimum Gasteiger partial charge on any atom is -0.451 e. The Balaban J connectivity index is 2.16. The van der Waals surface area contributed by atoms with Crippen molar-refractivity contribution < 1.29 is 23.9 Å². The first-order valence-corrected chi connectivity index (χ1v) is 9.75. The van der Waals surface area contributed by atoms with E-state index in [0.29, 0.717) is 6.54 Å². The monoisotopic (exact) mass is 378 g/mol. The van der Waals surface area contributed by atoms with E-state index in [2.05, 4.69) is 5.32 Å². The molecule has 0 unspecified atom stereocenters. The summed E-state index contributed by atoms with van der Waals surface area (Å²) in [5.41, 5.74) is 0.537. The molecule has 26 heavy (non-hydrogen) atoms. The molecule has 0 saturated heterocycles. The van der Waals surface area contributed by atoms with Gasteiger partial charge in [-0.15, -0.1) is 0 Å².